The summed E-state index contributed by atoms with van der Waals surface area (Å²) in [5, 5.41) is 4.48. The maximum absolute atomic E-state index is 5.29. The average Bonchev–Trinajstić information content (AvgIpc) is 1.88. The molecule has 0 amide bonds. The largest absolute Gasteiger partial charge is 0.378 e. The van der Waals surface area contributed by atoms with Gasteiger partial charge in [-0.2, -0.15) is 0 Å². The molecule has 1 heterocycles. The minimum absolute atomic E-state index is 0.420. The molecule has 0 spiro atoms. The molecular formula is C7H14NO. The normalized spacial score (nSPS) is 36.7. The third kappa shape index (κ3) is 1.95. The molecule has 2 atom stereocenters. The Hall–Kier alpha value is -0.0800. The van der Waals surface area contributed by atoms with Crippen LogP contribution in [0.15, 0.2) is 0 Å². The van der Waals surface area contributed by atoms with Crippen molar-refractivity contribution in [1.29, 1.82) is 0 Å². The van der Waals surface area contributed by atoms with Crippen LogP contribution in [0.3, 0.4) is 0 Å². The van der Waals surface area contributed by atoms with E-state index >= 15 is 0 Å². The first kappa shape index (κ1) is 7.03. The van der Waals surface area contributed by atoms with Crippen molar-refractivity contribution in [1.82, 2.24) is 5.32 Å². The highest BCUT2D eigenvalue weighted by Crippen LogP contribution is 2.03. The van der Waals surface area contributed by atoms with Crippen LogP contribution in [0.25, 0.3) is 0 Å². The van der Waals surface area contributed by atoms with Crippen LogP contribution in [0.4, 0.5) is 0 Å². The number of morpholine rings is 1. The molecule has 0 saturated carbocycles. The highest BCUT2D eigenvalue weighted by Gasteiger charge is 2.17. The van der Waals surface area contributed by atoms with Gasteiger partial charge in [0.05, 0.1) is 13.2 Å². The van der Waals surface area contributed by atoms with E-state index in [0.29, 0.717) is 12.1 Å². The van der Waals surface area contributed by atoms with Crippen molar-refractivity contribution in [3.05, 3.63) is 0 Å². The Morgan fingerprint density at radius 1 is 1.56 bits per heavy atom. The lowest BCUT2D eigenvalue weighted by atomic mass is 10.2. The Bertz CT molecular complexity index is 85.0. The lowest BCUT2D eigenvalue weighted by molar-refractivity contribution is 0.0469. The average molecular weight is 128 g/mol. The fraction of sp³-hybridized carbons (Fsp3) is 1.00. The van der Waals surface area contributed by atoms with Crippen molar-refractivity contribution >= 4 is 0 Å². The van der Waals surface area contributed by atoms with Crippen LogP contribution < -0.4 is 5.32 Å². The van der Waals surface area contributed by atoms with Gasteiger partial charge in [-0.25, -0.2) is 5.32 Å². The molecule has 0 bridgehead atoms. The van der Waals surface area contributed by atoms with Gasteiger partial charge in [0.25, 0.3) is 0 Å². The molecule has 0 aromatic carbocycles. The lowest BCUT2D eigenvalue weighted by Crippen LogP contribution is -2.41. The molecule has 1 fully saturated rings. The summed E-state index contributed by atoms with van der Waals surface area (Å²) in [6.07, 6.45) is 1.12. The first-order chi connectivity index (χ1) is 4.33. The Labute approximate surface area is 56.6 Å². The zero-order valence-electron chi connectivity index (χ0n) is 6.13. The monoisotopic (exact) mass is 128 g/mol. The van der Waals surface area contributed by atoms with Gasteiger partial charge in [-0.15, -0.1) is 0 Å². The first-order valence-electron chi connectivity index (χ1n) is 3.60. The fourth-order valence-corrected chi connectivity index (χ4v) is 1.04. The molecule has 2 unspecified atom stereocenters. The van der Waals surface area contributed by atoms with Gasteiger partial charge in [0, 0.05) is 12.1 Å². The number of hydrogen-bond acceptors (Lipinski definition) is 1. The molecule has 1 saturated heterocycles. The SMILES string of the molecule is CCC1COCC(C)[N]1. The number of nitrogens with zero attached hydrogens (tertiary/aromatic N) is 1. The smallest absolute Gasteiger partial charge is 0.0636 e. The molecule has 9 heavy (non-hydrogen) atoms. The molecule has 0 aliphatic carbocycles. The molecule has 1 aliphatic heterocycles. The van der Waals surface area contributed by atoms with E-state index in [2.05, 4.69) is 19.2 Å². The molecule has 0 N–H and O–H groups in total. The molecule has 2 heteroatoms. The van der Waals surface area contributed by atoms with Crippen molar-refractivity contribution in [3.8, 4) is 0 Å². The van der Waals surface area contributed by atoms with Crippen molar-refractivity contribution < 1.29 is 4.74 Å². The summed E-state index contributed by atoms with van der Waals surface area (Å²) in [5.41, 5.74) is 0. The van der Waals surface area contributed by atoms with Crippen molar-refractivity contribution in [2.75, 3.05) is 13.2 Å². The van der Waals surface area contributed by atoms with E-state index in [1.165, 1.54) is 0 Å². The maximum atomic E-state index is 5.29. The Morgan fingerprint density at radius 3 is 2.78 bits per heavy atom. The van der Waals surface area contributed by atoms with E-state index in [9.17, 15) is 0 Å². The van der Waals surface area contributed by atoms with Gasteiger partial charge in [-0.1, -0.05) is 6.92 Å². The molecule has 0 aromatic heterocycles. The molecule has 2 nitrogen and oxygen atoms in total. The highest BCUT2D eigenvalue weighted by atomic mass is 16.5. The van der Waals surface area contributed by atoms with Gasteiger partial charge in [-0.3, -0.25) is 0 Å². The standard InChI is InChI=1S/C7H14NO/c1-3-7-5-9-4-6(2)8-7/h6-7H,3-5H2,1-2H3. The zero-order chi connectivity index (χ0) is 6.69. The second-order valence-corrected chi connectivity index (χ2v) is 2.60. The van der Waals surface area contributed by atoms with Crippen molar-refractivity contribution in [2.24, 2.45) is 0 Å². The predicted octanol–water partition coefficient (Wildman–Crippen LogP) is 0.788. The van der Waals surface area contributed by atoms with Crippen molar-refractivity contribution in [2.45, 2.75) is 32.4 Å². The summed E-state index contributed by atoms with van der Waals surface area (Å²) < 4.78 is 5.29. The Balaban J connectivity index is 2.23. The quantitative estimate of drug-likeness (QED) is 0.512. The second kappa shape index (κ2) is 3.18. The first-order valence-corrected chi connectivity index (χ1v) is 3.60. The molecule has 1 aliphatic rings. The maximum Gasteiger partial charge on any atom is 0.0636 e. The van der Waals surface area contributed by atoms with Crippen molar-refractivity contribution in [3.63, 3.8) is 0 Å². The molecule has 1 rings (SSSR count). The minimum Gasteiger partial charge on any atom is -0.378 e. The van der Waals surface area contributed by atoms with E-state index in [-0.39, 0.29) is 0 Å². The summed E-state index contributed by atoms with van der Waals surface area (Å²) in [7, 11) is 0. The van der Waals surface area contributed by atoms with Gasteiger partial charge in [0.1, 0.15) is 0 Å². The van der Waals surface area contributed by atoms with E-state index < -0.39 is 0 Å². The second-order valence-electron chi connectivity index (χ2n) is 2.60. The number of ether oxygens (including phenoxy) is 1. The molecular weight excluding hydrogens is 114 g/mol. The summed E-state index contributed by atoms with van der Waals surface area (Å²) in [4.78, 5) is 0. The van der Waals surface area contributed by atoms with Crippen LogP contribution in [-0.2, 0) is 4.74 Å². The lowest BCUT2D eigenvalue weighted by Gasteiger charge is -2.25. The summed E-state index contributed by atoms with van der Waals surface area (Å²) in [5.74, 6) is 0. The number of hydrogen-bond donors (Lipinski definition) is 0. The third-order valence-corrected chi connectivity index (χ3v) is 1.61. The van der Waals surface area contributed by atoms with Crippen LogP contribution in [0.5, 0.6) is 0 Å². The summed E-state index contributed by atoms with van der Waals surface area (Å²) in [6.45, 7) is 5.90. The van der Waals surface area contributed by atoms with Gasteiger partial charge in [-0.05, 0) is 13.3 Å². The van der Waals surface area contributed by atoms with Gasteiger partial charge in [0.2, 0.25) is 0 Å². The van der Waals surface area contributed by atoms with Crippen LogP contribution in [0, 0.1) is 0 Å². The van der Waals surface area contributed by atoms with Crippen LogP contribution in [0.1, 0.15) is 20.3 Å². The Kier molecular flexibility index (Phi) is 2.49. The molecule has 1 radical (unpaired) electrons. The molecule has 0 aromatic rings. The molecule has 53 valence electrons. The predicted molar refractivity (Wildman–Crippen MR) is 36.5 cm³/mol. The van der Waals surface area contributed by atoms with Crippen LogP contribution in [0.2, 0.25) is 0 Å². The van der Waals surface area contributed by atoms with Gasteiger partial charge < -0.3 is 4.74 Å². The fourth-order valence-electron chi connectivity index (χ4n) is 1.04. The summed E-state index contributed by atoms with van der Waals surface area (Å²) in [6, 6.07) is 0.887. The third-order valence-electron chi connectivity index (χ3n) is 1.61. The van der Waals surface area contributed by atoms with Crippen LogP contribution >= 0.6 is 0 Å². The summed E-state index contributed by atoms with van der Waals surface area (Å²) >= 11 is 0. The highest BCUT2D eigenvalue weighted by molar-refractivity contribution is 4.73. The van der Waals surface area contributed by atoms with Crippen LogP contribution in [-0.4, -0.2) is 25.3 Å². The topological polar surface area (TPSA) is 23.3 Å². The van der Waals surface area contributed by atoms with E-state index in [4.69, 9.17) is 4.74 Å². The van der Waals surface area contributed by atoms with E-state index in [1.807, 2.05) is 0 Å². The zero-order valence-corrected chi connectivity index (χ0v) is 6.13. The van der Waals surface area contributed by atoms with E-state index in [0.717, 1.165) is 19.6 Å². The van der Waals surface area contributed by atoms with Gasteiger partial charge in [0.15, 0.2) is 0 Å². The Morgan fingerprint density at radius 2 is 2.33 bits per heavy atom. The minimum atomic E-state index is 0.420. The van der Waals surface area contributed by atoms with E-state index in [1.54, 1.807) is 0 Å². The van der Waals surface area contributed by atoms with Gasteiger partial charge >= 0.3 is 0 Å². The number of rotatable bonds is 1.